The van der Waals surface area contributed by atoms with E-state index in [9.17, 15) is 9.00 Å². The second-order valence-corrected chi connectivity index (χ2v) is 3.20. The SMILES string of the molecule is NS(=O)c1cccc(C(=O)O)c1. The molecule has 1 unspecified atom stereocenters. The second kappa shape index (κ2) is 3.46. The summed E-state index contributed by atoms with van der Waals surface area (Å²) in [6.45, 7) is 0. The quantitative estimate of drug-likeness (QED) is 0.698. The van der Waals surface area contributed by atoms with E-state index in [1.165, 1.54) is 24.3 Å². The first-order chi connectivity index (χ1) is 5.61. The van der Waals surface area contributed by atoms with E-state index in [2.05, 4.69) is 0 Å². The Labute approximate surface area is 71.6 Å². The van der Waals surface area contributed by atoms with Crippen LogP contribution in [0, 0.1) is 0 Å². The molecule has 0 spiro atoms. The number of rotatable bonds is 2. The lowest BCUT2D eigenvalue weighted by Gasteiger charge is -1.96. The third-order valence-corrected chi connectivity index (χ3v) is 2.03. The Hall–Kier alpha value is -1.20. The first-order valence-electron chi connectivity index (χ1n) is 3.11. The van der Waals surface area contributed by atoms with Crippen LogP contribution in [-0.4, -0.2) is 15.3 Å². The Morgan fingerprint density at radius 1 is 1.50 bits per heavy atom. The van der Waals surface area contributed by atoms with E-state index < -0.39 is 17.0 Å². The summed E-state index contributed by atoms with van der Waals surface area (Å²) in [5.74, 6) is -1.05. The Bertz CT molecular complexity index is 308. The first-order valence-corrected chi connectivity index (χ1v) is 4.32. The highest BCUT2D eigenvalue weighted by atomic mass is 32.2. The van der Waals surface area contributed by atoms with Crippen LogP contribution < -0.4 is 5.14 Å². The van der Waals surface area contributed by atoms with Crippen molar-refractivity contribution in [1.82, 2.24) is 0 Å². The topological polar surface area (TPSA) is 80.4 Å². The van der Waals surface area contributed by atoms with E-state index in [4.69, 9.17) is 10.2 Å². The predicted molar refractivity (Wildman–Crippen MR) is 44.0 cm³/mol. The summed E-state index contributed by atoms with van der Waals surface area (Å²) in [6, 6.07) is 5.73. The molecule has 4 nitrogen and oxygen atoms in total. The van der Waals surface area contributed by atoms with Gasteiger partial charge in [0.15, 0.2) is 0 Å². The molecule has 1 rings (SSSR count). The lowest BCUT2D eigenvalue weighted by atomic mass is 10.2. The molecule has 0 aliphatic carbocycles. The van der Waals surface area contributed by atoms with Crippen LogP contribution in [0.1, 0.15) is 10.4 Å². The van der Waals surface area contributed by atoms with Gasteiger partial charge in [-0.25, -0.2) is 14.1 Å². The molecule has 1 aromatic rings. The third kappa shape index (κ3) is 1.90. The zero-order chi connectivity index (χ0) is 9.14. The lowest BCUT2D eigenvalue weighted by Crippen LogP contribution is -2.04. The largest absolute Gasteiger partial charge is 0.478 e. The van der Waals surface area contributed by atoms with Gasteiger partial charge in [-0.1, -0.05) is 6.07 Å². The minimum Gasteiger partial charge on any atom is -0.478 e. The summed E-state index contributed by atoms with van der Waals surface area (Å²) in [5, 5.41) is 13.6. The van der Waals surface area contributed by atoms with Crippen molar-refractivity contribution in [2.24, 2.45) is 5.14 Å². The normalized spacial score (nSPS) is 12.4. The minimum absolute atomic E-state index is 0.0892. The molecule has 0 aliphatic rings. The van der Waals surface area contributed by atoms with Gasteiger partial charge in [0.25, 0.3) is 0 Å². The highest BCUT2D eigenvalue weighted by Crippen LogP contribution is 2.06. The Morgan fingerprint density at radius 3 is 2.67 bits per heavy atom. The molecule has 0 aromatic heterocycles. The summed E-state index contributed by atoms with van der Waals surface area (Å²) in [4.78, 5) is 10.8. The summed E-state index contributed by atoms with van der Waals surface area (Å²) < 4.78 is 10.7. The van der Waals surface area contributed by atoms with Crippen molar-refractivity contribution >= 4 is 17.0 Å². The van der Waals surface area contributed by atoms with Gasteiger partial charge >= 0.3 is 5.97 Å². The van der Waals surface area contributed by atoms with Crippen molar-refractivity contribution in [3.63, 3.8) is 0 Å². The highest BCUT2D eigenvalue weighted by molar-refractivity contribution is 7.82. The van der Waals surface area contributed by atoms with Gasteiger partial charge in [0, 0.05) is 0 Å². The molecule has 0 amide bonds. The number of carboxylic acids is 1. The van der Waals surface area contributed by atoms with Gasteiger partial charge in [-0.2, -0.15) is 0 Å². The Morgan fingerprint density at radius 2 is 2.17 bits per heavy atom. The number of hydrogen-bond acceptors (Lipinski definition) is 2. The summed E-state index contributed by atoms with van der Waals surface area (Å²) in [5.41, 5.74) is 0.0892. The highest BCUT2D eigenvalue weighted by Gasteiger charge is 2.04. The smallest absolute Gasteiger partial charge is 0.335 e. The van der Waals surface area contributed by atoms with Crippen LogP contribution in [-0.2, 0) is 11.0 Å². The summed E-state index contributed by atoms with van der Waals surface area (Å²) in [7, 11) is -1.62. The average Bonchev–Trinajstić information content (AvgIpc) is 2.04. The van der Waals surface area contributed by atoms with E-state index in [0.29, 0.717) is 4.90 Å². The number of hydrogen-bond donors (Lipinski definition) is 2. The maximum atomic E-state index is 10.7. The molecule has 0 saturated carbocycles. The van der Waals surface area contributed by atoms with Gasteiger partial charge in [0.05, 0.1) is 10.5 Å². The molecule has 0 radical (unpaired) electrons. The number of carboxylic acid groups (broad SMARTS) is 1. The van der Waals surface area contributed by atoms with Crippen LogP contribution in [0.15, 0.2) is 29.2 Å². The molecule has 1 atom stereocenters. The van der Waals surface area contributed by atoms with Crippen molar-refractivity contribution in [2.45, 2.75) is 4.90 Å². The molecule has 12 heavy (non-hydrogen) atoms. The number of nitrogens with two attached hydrogens (primary N) is 1. The van der Waals surface area contributed by atoms with E-state index >= 15 is 0 Å². The number of benzene rings is 1. The van der Waals surface area contributed by atoms with E-state index in [1.807, 2.05) is 0 Å². The monoisotopic (exact) mass is 185 g/mol. The van der Waals surface area contributed by atoms with Gasteiger partial charge in [-0.05, 0) is 18.2 Å². The molecule has 5 heteroatoms. The fraction of sp³-hybridized carbons (Fsp3) is 0. The van der Waals surface area contributed by atoms with Crippen LogP contribution in [0.4, 0.5) is 0 Å². The van der Waals surface area contributed by atoms with Crippen LogP contribution in [0.2, 0.25) is 0 Å². The van der Waals surface area contributed by atoms with Crippen molar-refractivity contribution < 1.29 is 14.1 Å². The molecule has 0 aliphatic heterocycles. The van der Waals surface area contributed by atoms with E-state index in [1.54, 1.807) is 0 Å². The zero-order valence-electron chi connectivity index (χ0n) is 6.06. The lowest BCUT2D eigenvalue weighted by molar-refractivity contribution is 0.0696. The summed E-state index contributed by atoms with van der Waals surface area (Å²) >= 11 is 0. The van der Waals surface area contributed by atoms with E-state index in [-0.39, 0.29) is 5.56 Å². The average molecular weight is 185 g/mol. The maximum absolute atomic E-state index is 10.7. The van der Waals surface area contributed by atoms with Gasteiger partial charge in [0.2, 0.25) is 0 Å². The van der Waals surface area contributed by atoms with Gasteiger partial charge in [-0.15, -0.1) is 0 Å². The van der Waals surface area contributed by atoms with Crippen LogP contribution in [0.25, 0.3) is 0 Å². The molecule has 0 saturated heterocycles. The molecular formula is C7H7NO3S. The molecule has 0 heterocycles. The fourth-order valence-corrected chi connectivity index (χ4v) is 1.21. The van der Waals surface area contributed by atoms with Crippen LogP contribution in [0.3, 0.4) is 0 Å². The van der Waals surface area contributed by atoms with Gasteiger partial charge in [0.1, 0.15) is 11.0 Å². The molecular weight excluding hydrogens is 178 g/mol. The number of carbonyl (C=O) groups is 1. The molecule has 64 valence electrons. The Balaban J connectivity index is 3.12. The summed E-state index contributed by atoms with van der Waals surface area (Å²) in [6.07, 6.45) is 0. The van der Waals surface area contributed by atoms with E-state index in [0.717, 1.165) is 0 Å². The van der Waals surface area contributed by atoms with Crippen molar-refractivity contribution in [1.29, 1.82) is 0 Å². The standard InChI is InChI=1S/C7H7NO3S/c8-12(11)6-3-1-2-5(4-6)7(9)10/h1-4H,8H2,(H,9,10). The van der Waals surface area contributed by atoms with Crippen molar-refractivity contribution in [3.8, 4) is 0 Å². The van der Waals surface area contributed by atoms with Crippen molar-refractivity contribution in [2.75, 3.05) is 0 Å². The van der Waals surface area contributed by atoms with Crippen molar-refractivity contribution in [3.05, 3.63) is 29.8 Å². The van der Waals surface area contributed by atoms with Crippen LogP contribution >= 0.6 is 0 Å². The Kier molecular flexibility index (Phi) is 2.57. The van der Waals surface area contributed by atoms with Gasteiger partial charge in [-0.3, -0.25) is 0 Å². The first kappa shape index (κ1) is 8.89. The van der Waals surface area contributed by atoms with Crippen LogP contribution in [0.5, 0.6) is 0 Å². The maximum Gasteiger partial charge on any atom is 0.335 e. The molecule has 0 fully saturated rings. The van der Waals surface area contributed by atoms with Gasteiger partial charge < -0.3 is 5.11 Å². The predicted octanol–water partition coefficient (Wildman–Crippen LogP) is 0.366. The molecule has 3 N–H and O–H groups in total. The third-order valence-electron chi connectivity index (χ3n) is 1.31. The minimum atomic E-state index is -1.62. The molecule has 0 bridgehead atoms. The fourth-order valence-electron chi connectivity index (χ4n) is 0.754. The molecule has 1 aromatic carbocycles. The second-order valence-electron chi connectivity index (χ2n) is 2.13. The zero-order valence-corrected chi connectivity index (χ0v) is 6.88. The number of aromatic carboxylic acids is 1.